The lowest BCUT2D eigenvalue weighted by Gasteiger charge is -2.23. The number of likely N-dealkylation sites (tertiary alicyclic amines) is 1. The van der Waals surface area contributed by atoms with E-state index in [-0.39, 0.29) is 0 Å². The van der Waals surface area contributed by atoms with E-state index in [1.807, 2.05) is 4.68 Å². The molecule has 1 saturated carbocycles. The van der Waals surface area contributed by atoms with Gasteiger partial charge in [0.25, 0.3) is 0 Å². The smallest absolute Gasteiger partial charge is 0.138 e. The van der Waals surface area contributed by atoms with E-state index in [0.29, 0.717) is 12.3 Å². The Bertz CT molecular complexity index is 440. The Balaban J connectivity index is 1.65. The third-order valence-corrected chi connectivity index (χ3v) is 4.15. The van der Waals surface area contributed by atoms with Gasteiger partial charge in [0, 0.05) is 32.1 Å². The van der Waals surface area contributed by atoms with Crippen LogP contribution >= 0.6 is 0 Å². The average molecular weight is 264 g/mol. The molecule has 0 bridgehead atoms. The molecule has 5 heteroatoms. The van der Waals surface area contributed by atoms with Gasteiger partial charge in [0.1, 0.15) is 12.2 Å². The van der Waals surface area contributed by atoms with Crippen molar-refractivity contribution in [1.29, 1.82) is 0 Å². The van der Waals surface area contributed by atoms with Crippen molar-refractivity contribution < 1.29 is 5.11 Å². The number of hydrogen-bond acceptors (Lipinski definition) is 4. The van der Waals surface area contributed by atoms with E-state index < -0.39 is 5.60 Å². The first-order chi connectivity index (χ1) is 9.06. The van der Waals surface area contributed by atoms with Crippen LogP contribution in [0.1, 0.15) is 38.9 Å². The summed E-state index contributed by atoms with van der Waals surface area (Å²) in [6.07, 6.45) is 5.70. The van der Waals surface area contributed by atoms with Crippen LogP contribution in [0.5, 0.6) is 0 Å². The summed E-state index contributed by atoms with van der Waals surface area (Å²) in [4.78, 5) is 6.77. The minimum absolute atomic E-state index is 0.543. The standard InChI is InChI=1S/C14H24N4O/c1-11(2)8-18-13(15-10-16-18)7-14(19)5-6-17(9-14)12-3-4-12/h10-12,19H,3-9H2,1-2H3. The van der Waals surface area contributed by atoms with Crippen molar-refractivity contribution in [2.24, 2.45) is 5.92 Å². The van der Waals surface area contributed by atoms with Crippen LogP contribution in [0.25, 0.3) is 0 Å². The van der Waals surface area contributed by atoms with Gasteiger partial charge >= 0.3 is 0 Å². The van der Waals surface area contributed by atoms with E-state index in [9.17, 15) is 5.11 Å². The highest BCUT2D eigenvalue weighted by Gasteiger charge is 2.42. The third-order valence-electron chi connectivity index (χ3n) is 4.15. The zero-order valence-electron chi connectivity index (χ0n) is 11.9. The third kappa shape index (κ3) is 2.98. The van der Waals surface area contributed by atoms with Gasteiger partial charge in [-0.15, -0.1) is 0 Å². The monoisotopic (exact) mass is 264 g/mol. The molecule has 0 aromatic carbocycles. The van der Waals surface area contributed by atoms with Crippen molar-refractivity contribution in [1.82, 2.24) is 19.7 Å². The quantitative estimate of drug-likeness (QED) is 0.864. The Morgan fingerprint density at radius 3 is 2.95 bits per heavy atom. The van der Waals surface area contributed by atoms with Crippen molar-refractivity contribution >= 4 is 0 Å². The molecular weight excluding hydrogens is 240 g/mol. The predicted octanol–water partition coefficient (Wildman–Crippen LogP) is 1.08. The molecule has 0 amide bonds. The van der Waals surface area contributed by atoms with Crippen molar-refractivity contribution in [3.05, 3.63) is 12.2 Å². The van der Waals surface area contributed by atoms with Gasteiger partial charge in [-0.05, 0) is 25.2 Å². The topological polar surface area (TPSA) is 54.2 Å². The van der Waals surface area contributed by atoms with Gasteiger partial charge in [-0.3, -0.25) is 4.90 Å². The summed E-state index contributed by atoms with van der Waals surface area (Å²) in [5.74, 6) is 1.47. The summed E-state index contributed by atoms with van der Waals surface area (Å²) in [6.45, 7) is 7.04. The number of rotatable bonds is 5. The van der Waals surface area contributed by atoms with Crippen LogP contribution in [0, 0.1) is 5.92 Å². The molecule has 1 atom stereocenters. The fourth-order valence-corrected chi connectivity index (χ4v) is 3.00. The van der Waals surface area contributed by atoms with Gasteiger partial charge in [-0.25, -0.2) is 9.67 Å². The van der Waals surface area contributed by atoms with E-state index in [4.69, 9.17) is 0 Å². The minimum Gasteiger partial charge on any atom is -0.388 e. The lowest BCUT2D eigenvalue weighted by atomic mass is 9.98. The number of β-amino-alcohol motifs (C(OH)–C–C–N with tert-alkyl or cyclic N) is 1. The molecule has 2 aliphatic rings. The zero-order chi connectivity index (χ0) is 13.5. The summed E-state index contributed by atoms with van der Waals surface area (Å²) < 4.78 is 1.95. The lowest BCUT2D eigenvalue weighted by Crippen LogP contribution is -2.37. The number of nitrogens with zero attached hydrogens (tertiary/aromatic N) is 4. The van der Waals surface area contributed by atoms with E-state index in [2.05, 4.69) is 28.8 Å². The van der Waals surface area contributed by atoms with Crippen LogP contribution in [-0.4, -0.2) is 49.5 Å². The maximum atomic E-state index is 10.7. The Hall–Kier alpha value is -0.940. The van der Waals surface area contributed by atoms with Crippen molar-refractivity contribution in [3.63, 3.8) is 0 Å². The molecule has 1 aromatic rings. The second-order valence-corrected chi connectivity index (χ2v) is 6.60. The fourth-order valence-electron chi connectivity index (χ4n) is 3.00. The SMILES string of the molecule is CC(C)Cn1ncnc1CC1(O)CCN(C2CC2)C1. The first kappa shape index (κ1) is 13.1. The van der Waals surface area contributed by atoms with Gasteiger partial charge in [-0.2, -0.15) is 5.10 Å². The molecule has 1 unspecified atom stereocenters. The molecule has 1 aromatic heterocycles. The van der Waals surface area contributed by atoms with E-state index in [1.165, 1.54) is 12.8 Å². The highest BCUT2D eigenvalue weighted by atomic mass is 16.3. The van der Waals surface area contributed by atoms with Gasteiger partial charge in [0.2, 0.25) is 0 Å². The maximum Gasteiger partial charge on any atom is 0.138 e. The van der Waals surface area contributed by atoms with E-state index in [0.717, 1.165) is 37.9 Å². The van der Waals surface area contributed by atoms with Crippen LogP contribution in [0.2, 0.25) is 0 Å². The number of aliphatic hydroxyl groups is 1. The zero-order valence-corrected chi connectivity index (χ0v) is 11.9. The molecule has 0 radical (unpaired) electrons. The summed E-state index contributed by atoms with van der Waals surface area (Å²) in [5, 5.41) is 15.0. The van der Waals surface area contributed by atoms with Crippen LogP contribution in [0.15, 0.2) is 6.33 Å². The first-order valence-corrected chi connectivity index (χ1v) is 7.39. The largest absolute Gasteiger partial charge is 0.388 e. The Morgan fingerprint density at radius 2 is 2.26 bits per heavy atom. The van der Waals surface area contributed by atoms with Crippen molar-refractivity contribution in [2.45, 2.75) is 57.7 Å². The number of hydrogen-bond donors (Lipinski definition) is 1. The van der Waals surface area contributed by atoms with Gasteiger partial charge in [-0.1, -0.05) is 13.8 Å². The molecule has 1 aliphatic heterocycles. The van der Waals surface area contributed by atoms with Gasteiger partial charge in [0.15, 0.2) is 0 Å². The summed E-state index contributed by atoms with van der Waals surface area (Å²) >= 11 is 0. The normalized spacial score (nSPS) is 28.4. The molecule has 19 heavy (non-hydrogen) atoms. The second kappa shape index (κ2) is 4.87. The minimum atomic E-state index is -0.607. The molecule has 106 valence electrons. The summed E-state index contributed by atoms with van der Waals surface area (Å²) in [5.41, 5.74) is -0.607. The van der Waals surface area contributed by atoms with Gasteiger partial charge < -0.3 is 5.11 Å². The van der Waals surface area contributed by atoms with Crippen molar-refractivity contribution in [3.8, 4) is 0 Å². The fraction of sp³-hybridized carbons (Fsp3) is 0.857. The molecule has 1 aliphatic carbocycles. The molecule has 1 N–H and O–H groups in total. The van der Waals surface area contributed by atoms with Crippen molar-refractivity contribution in [2.75, 3.05) is 13.1 Å². The Kier molecular flexibility index (Phi) is 3.35. The Morgan fingerprint density at radius 1 is 1.47 bits per heavy atom. The molecular formula is C14H24N4O. The second-order valence-electron chi connectivity index (χ2n) is 6.60. The lowest BCUT2D eigenvalue weighted by molar-refractivity contribution is 0.0455. The highest BCUT2D eigenvalue weighted by Crippen LogP contribution is 2.34. The predicted molar refractivity (Wildman–Crippen MR) is 72.7 cm³/mol. The highest BCUT2D eigenvalue weighted by molar-refractivity contribution is 5.02. The first-order valence-electron chi connectivity index (χ1n) is 7.39. The molecule has 2 heterocycles. The van der Waals surface area contributed by atoms with Crippen LogP contribution in [0.4, 0.5) is 0 Å². The molecule has 3 rings (SSSR count). The molecule has 2 fully saturated rings. The van der Waals surface area contributed by atoms with E-state index in [1.54, 1.807) is 6.33 Å². The summed E-state index contributed by atoms with van der Waals surface area (Å²) in [7, 11) is 0. The molecule has 1 saturated heterocycles. The molecule has 0 spiro atoms. The average Bonchev–Trinajstić information content (AvgIpc) is 3.00. The van der Waals surface area contributed by atoms with Crippen LogP contribution in [-0.2, 0) is 13.0 Å². The van der Waals surface area contributed by atoms with E-state index >= 15 is 0 Å². The summed E-state index contributed by atoms with van der Waals surface area (Å²) in [6, 6.07) is 0.738. The molecule has 5 nitrogen and oxygen atoms in total. The van der Waals surface area contributed by atoms with Crippen LogP contribution in [0.3, 0.4) is 0 Å². The van der Waals surface area contributed by atoms with Crippen LogP contribution < -0.4 is 0 Å². The Labute approximate surface area is 114 Å². The van der Waals surface area contributed by atoms with Gasteiger partial charge in [0.05, 0.1) is 5.60 Å². The number of aromatic nitrogens is 3. The maximum absolute atomic E-state index is 10.7.